The highest BCUT2D eigenvalue weighted by atomic mass is 16.1. The molecule has 0 bridgehead atoms. The van der Waals surface area contributed by atoms with Crippen LogP contribution >= 0.6 is 0 Å². The molecule has 0 saturated heterocycles. The highest BCUT2D eigenvalue weighted by Gasteiger charge is 2.40. The standard InChI is InChI=1S/C14H15O2/c15-11-14(9-5-2-6-10-14)13(16)12-7-3-1-4-8-12/h1,3-4,7-8H,2,5-6,9-10H2. The molecule has 2 heteroatoms. The number of hydrogen-bond donors (Lipinski definition) is 0. The second kappa shape index (κ2) is 4.60. The summed E-state index contributed by atoms with van der Waals surface area (Å²) < 4.78 is 0. The third kappa shape index (κ3) is 1.92. The highest BCUT2D eigenvalue weighted by Crippen LogP contribution is 2.37. The van der Waals surface area contributed by atoms with Gasteiger partial charge in [0, 0.05) is 5.56 Å². The van der Waals surface area contributed by atoms with Crippen molar-refractivity contribution in [1.29, 1.82) is 0 Å². The Labute approximate surface area is 95.7 Å². The average Bonchev–Trinajstić information content (AvgIpc) is 2.39. The lowest BCUT2D eigenvalue weighted by Crippen LogP contribution is -2.35. The van der Waals surface area contributed by atoms with Gasteiger partial charge in [-0.25, -0.2) is 0 Å². The maximum absolute atomic E-state index is 12.3. The molecule has 83 valence electrons. The van der Waals surface area contributed by atoms with Crippen LogP contribution in [-0.4, -0.2) is 12.1 Å². The Morgan fingerprint density at radius 3 is 2.25 bits per heavy atom. The first-order valence-corrected chi connectivity index (χ1v) is 5.78. The third-order valence-corrected chi connectivity index (χ3v) is 3.37. The minimum atomic E-state index is -0.862. The summed E-state index contributed by atoms with van der Waals surface area (Å²) >= 11 is 0. The summed E-state index contributed by atoms with van der Waals surface area (Å²) in [4.78, 5) is 23.4. The van der Waals surface area contributed by atoms with Crippen LogP contribution in [0.4, 0.5) is 0 Å². The van der Waals surface area contributed by atoms with E-state index in [2.05, 4.69) is 0 Å². The molecule has 1 saturated carbocycles. The zero-order valence-electron chi connectivity index (χ0n) is 9.24. The smallest absolute Gasteiger partial charge is 0.213 e. The maximum atomic E-state index is 12.3. The molecule has 0 heterocycles. The molecule has 2 rings (SSSR count). The quantitative estimate of drug-likeness (QED) is 0.574. The normalized spacial score (nSPS) is 19.0. The van der Waals surface area contributed by atoms with Gasteiger partial charge < -0.3 is 0 Å². The molecule has 1 aromatic rings. The van der Waals surface area contributed by atoms with Crippen molar-refractivity contribution in [3.05, 3.63) is 35.9 Å². The van der Waals surface area contributed by atoms with Crippen LogP contribution in [0.15, 0.2) is 30.3 Å². The first-order valence-electron chi connectivity index (χ1n) is 5.78. The molecular weight excluding hydrogens is 200 g/mol. The van der Waals surface area contributed by atoms with Crippen LogP contribution in [0.5, 0.6) is 0 Å². The second-order valence-corrected chi connectivity index (χ2v) is 4.44. The molecule has 1 radical (unpaired) electrons. The van der Waals surface area contributed by atoms with Crippen molar-refractivity contribution in [3.63, 3.8) is 0 Å². The summed E-state index contributed by atoms with van der Waals surface area (Å²) in [6.07, 6.45) is 6.35. The molecule has 2 nitrogen and oxygen atoms in total. The van der Waals surface area contributed by atoms with Gasteiger partial charge in [-0.15, -0.1) is 0 Å². The van der Waals surface area contributed by atoms with Crippen LogP contribution in [0, 0.1) is 5.41 Å². The number of rotatable bonds is 3. The minimum absolute atomic E-state index is 0.0530. The van der Waals surface area contributed by atoms with Crippen LogP contribution in [0.2, 0.25) is 0 Å². The van der Waals surface area contributed by atoms with Crippen LogP contribution < -0.4 is 0 Å². The van der Waals surface area contributed by atoms with Gasteiger partial charge in [0.2, 0.25) is 6.29 Å². The summed E-state index contributed by atoms with van der Waals surface area (Å²) in [5.41, 5.74) is -0.229. The van der Waals surface area contributed by atoms with Crippen LogP contribution in [0.3, 0.4) is 0 Å². The van der Waals surface area contributed by atoms with Gasteiger partial charge >= 0.3 is 0 Å². The summed E-state index contributed by atoms with van der Waals surface area (Å²) in [5.74, 6) is -0.0530. The zero-order valence-corrected chi connectivity index (χ0v) is 9.24. The Morgan fingerprint density at radius 2 is 1.69 bits per heavy atom. The van der Waals surface area contributed by atoms with Gasteiger partial charge in [0.1, 0.15) is 0 Å². The number of Topliss-reactive ketones (excluding diaryl/α,β-unsaturated/α-hetero) is 1. The van der Waals surface area contributed by atoms with Gasteiger partial charge in [0.05, 0.1) is 5.41 Å². The average molecular weight is 215 g/mol. The van der Waals surface area contributed by atoms with Crippen LogP contribution in [0.1, 0.15) is 42.5 Å². The molecule has 0 spiro atoms. The van der Waals surface area contributed by atoms with Gasteiger partial charge in [-0.3, -0.25) is 9.59 Å². The molecular formula is C14H15O2. The fourth-order valence-corrected chi connectivity index (χ4v) is 2.40. The Hall–Kier alpha value is -1.44. The summed E-state index contributed by atoms with van der Waals surface area (Å²) in [6.45, 7) is 0. The largest absolute Gasteiger partial charge is 0.293 e. The van der Waals surface area contributed by atoms with Gasteiger partial charge in [0.25, 0.3) is 0 Å². The fourth-order valence-electron chi connectivity index (χ4n) is 2.40. The molecule has 1 fully saturated rings. The number of benzene rings is 1. The Morgan fingerprint density at radius 1 is 1.06 bits per heavy atom. The van der Waals surface area contributed by atoms with Gasteiger partial charge in [-0.2, -0.15) is 0 Å². The molecule has 1 aliphatic carbocycles. The minimum Gasteiger partial charge on any atom is -0.293 e. The third-order valence-electron chi connectivity index (χ3n) is 3.37. The summed E-state index contributed by atoms with van der Waals surface area (Å²) in [7, 11) is 0. The lowest BCUT2D eigenvalue weighted by atomic mass is 9.70. The summed E-state index contributed by atoms with van der Waals surface area (Å²) in [5, 5.41) is 0. The molecule has 0 N–H and O–H groups in total. The predicted molar refractivity (Wildman–Crippen MR) is 62.0 cm³/mol. The van der Waals surface area contributed by atoms with E-state index in [1.165, 1.54) is 0 Å². The molecule has 0 amide bonds. The Balaban J connectivity index is 2.28. The van der Waals surface area contributed by atoms with Gasteiger partial charge in [-0.1, -0.05) is 49.6 Å². The van der Waals surface area contributed by atoms with Crippen molar-refractivity contribution in [1.82, 2.24) is 0 Å². The van der Waals surface area contributed by atoms with E-state index in [1.54, 1.807) is 12.1 Å². The fraction of sp³-hybridized carbons (Fsp3) is 0.429. The van der Waals surface area contributed by atoms with Gasteiger partial charge in [0.15, 0.2) is 5.78 Å². The molecule has 0 aliphatic heterocycles. The van der Waals surface area contributed by atoms with Crippen molar-refractivity contribution in [2.75, 3.05) is 0 Å². The van der Waals surface area contributed by atoms with E-state index >= 15 is 0 Å². The molecule has 1 aromatic carbocycles. The van der Waals surface area contributed by atoms with E-state index < -0.39 is 5.41 Å². The SMILES string of the molecule is O=[C]C1(C(=O)c2ccccc2)CCCCC1. The molecule has 16 heavy (non-hydrogen) atoms. The van der Waals surface area contributed by atoms with E-state index in [0.717, 1.165) is 19.3 Å². The monoisotopic (exact) mass is 215 g/mol. The van der Waals surface area contributed by atoms with E-state index in [4.69, 9.17) is 0 Å². The first kappa shape index (κ1) is 11.1. The lowest BCUT2D eigenvalue weighted by molar-refractivity contribution is 0.0823. The van der Waals surface area contributed by atoms with Crippen molar-refractivity contribution >= 4 is 12.1 Å². The second-order valence-electron chi connectivity index (χ2n) is 4.44. The van der Waals surface area contributed by atoms with Gasteiger partial charge in [-0.05, 0) is 12.8 Å². The maximum Gasteiger partial charge on any atom is 0.213 e. The van der Waals surface area contributed by atoms with Crippen molar-refractivity contribution in [2.45, 2.75) is 32.1 Å². The number of carbonyl (C=O) groups is 1. The van der Waals surface area contributed by atoms with Crippen LogP contribution in [-0.2, 0) is 4.79 Å². The number of hydrogen-bond acceptors (Lipinski definition) is 2. The Bertz CT molecular complexity index is 375. The van der Waals surface area contributed by atoms with Crippen molar-refractivity contribution < 1.29 is 9.59 Å². The Kier molecular flexibility index (Phi) is 3.18. The van der Waals surface area contributed by atoms with Crippen molar-refractivity contribution in [2.24, 2.45) is 5.41 Å². The lowest BCUT2D eigenvalue weighted by Gasteiger charge is -2.29. The molecule has 1 aliphatic rings. The number of carbonyl (C=O) groups excluding carboxylic acids is 2. The molecule has 0 aromatic heterocycles. The van der Waals surface area contributed by atoms with Crippen molar-refractivity contribution in [3.8, 4) is 0 Å². The highest BCUT2D eigenvalue weighted by molar-refractivity contribution is 6.09. The van der Waals surface area contributed by atoms with E-state index in [9.17, 15) is 9.59 Å². The summed E-state index contributed by atoms with van der Waals surface area (Å²) in [6, 6.07) is 9.07. The first-order chi connectivity index (χ1) is 7.78. The van der Waals surface area contributed by atoms with E-state index in [0.29, 0.717) is 18.4 Å². The molecule has 0 atom stereocenters. The molecule has 0 unspecified atom stereocenters. The zero-order chi connectivity index (χ0) is 11.4. The van der Waals surface area contributed by atoms with E-state index in [-0.39, 0.29) is 5.78 Å². The van der Waals surface area contributed by atoms with E-state index in [1.807, 2.05) is 24.5 Å². The van der Waals surface area contributed by atoms with Crippen LogP contribution in [0.25, 0.3) is 0 Å². The topological polar surface area (TPSA) is 34.1 Å². The number of ketones is 1. The predicted octanol–water partition coefficient (Wildman–Crippen LogP) is 2.93.